The van der Waals surface area contributed by atoms with Gasteiger partial charge in [-0.25, -0.2) is 12.7 Å². The van der Waals surface area contributed by atoms with Crippen LogP contribution in [0, 0.1) is 5.92 Å². The van der Waals surface area contributed by atoms with Crippen molar-refractivity contribution in [2.45, 2.75) is 32.4 Å². The van der Waals surface area contributed by atoms with Gasteiger partial charge in [0.1, 0.15) is 6.54 Å². The van der Waals surface area contributed by atoms with Gasteiger partial charge in [-0.15, -0.1) is 0 Å². The topological polar surface area (TPSA) is 96.8 Å². The Morgan fingerprint density at radius 3 is 2.46 bits per heavy atom. The number of carbonyl (C=O) groups is 2. The van der Waals surface area contributed by atoms with Crippen molar-refractivity contribution in [3.8, 4) is 0 Å². The number of amides is 2. The summed E-state index contributed by atoms with van der Waals surface area (Å²) >= 11 is 0. The van der Waals surface area contributed by atoms with Crippen LogP contribution in [-0.2, 0) is 26.2 Å². The highest BCUT2D eigenvalue weighted by atomic mass is 32.2. The smallest absolute Gasteiger partial charge is 0.246 e. The molecule has 3 rings (SSSR count). The van der Waals surface area contributed by atoms with Crippen molar-refractivity contribution in [1.29, 1.82) is 0 Å². The average Bonchev–Trinajstić information content (AvgIpc) is 3.08. The second kappa shape index (κ2) is 6.71. The molecule has 0 spiro atoms. The number of hydrogen-bond acceptors (Lipinski definition) is 5. The van der Waals surface area contributed by atoms with Gasteiger partial charge in [0.05, 0.1) is 23.9 Å². The summed E-state index contributed by atoms with van der Waals surface area (Å²) in [6.07, 6.45) is 6.91. The highest BCUT2D eigenvalue weighted by Gasteiger charge is 2.53. The molecule has 1 aromatic heterocycles. The van der Waals surface area contributed by atoms with Crippen LogP contribution in [0.4, 0.5) is 0 Å². The highest BCUT2D eigenvalue weighted by Crippen LogP contribution is 2.40. The molecule has 140 valence electrons. The van der Waals surface area contributed by atoms with Gasteiger partial charge in [0, 0.05) is 31.1 Å². The molecule has 2 atom stereocenters. The van der Waals surface area contributed by atoms with Crippen LogP contribution < -0.4 is 5.43 Å². The zero-order valence-electron chi connectivity index (χ0n) is 14.7. The van der Waals surface area contributed by atoms with Crippen molar-refractivity contribution in [3.63, 3.8) is 0 Å². The largest absolute Gasteiger partial charge is 0.345 e. The molecule has 1 fully saturated rings. The number of rotatable bonds is 5. The van der Waals surface area contributed by atoms with Crippen molar-refractivity contribution in [3.05, 3.63) is 46.5 Å². The molecule has 9 heteroatoms. The van der Waals surface area contributed by atoms with Crippen LogP contribution in [0.25, 0.3) is 0 Å². The van der Waals surface area contributed by atoms with E-state index in [-0.39, 0.29) is 24.4 Å². The fourth-order valence-electron chi connectivity index (χ4n) is 3.63. The van der Waals surface area contributed by atoms with Gasteiger partial charge in [0.15, 0.2) is 5.43 Å². The molecule has 2 amide bonds. The predicted octanol–water partition coefficient (Wildman–Crippen LogP) is 0.161. The number of fused-ring (bicyclic) bond motifs is 1. The first-order chi connectivity index (χ1) is 12.2. The van der Waals surface area contributed by atoms with Crippen molar-refractivity contribution in [2.75, 3.05) is 12.8 Å². The summed E-state index contributed by atoms with van der Waals surface area (Å²) in [7, 11) is -3.73. The fourth-order valence-corrected chi connectivity index (χ4v) is 4.65. The summed E-state index contributed by atoms with van der Waals surface area (Å²) in [4.78, 5) is 38.1. The quantitative estimate of drug-likeness (QED) is 0.726. The third kappa shape index (κ3) is 3.18. The maximum atomic E-state index is 12.8. The Morgan fingerprint density at radius 1 is 1.23 bits per heavy atom. The van der Waals surface area contributed by atoms with E-state index in [0.29, 0.717) is 18.5 Å². The van der Waals surface area contributed by atoms with E-state index >= 15 is 0 Å². The van der Waals surface area contributed by atoms with Crippen molar-refractivity contribution >= 4 is 21.8 Å². The van der Waals surface area contributed by atoms with Gasteiger partial charge in [-0.1, -0.05) is 13.3 Å². The van der Waals surface area contributed by atoms with Crippen LogP contribution in [0.1, 0.15) is 19.8 Å². The molecular weight excluding hydrogens is 358 g/mol. The predicted molar refractivity (Wildman–Crippen MR) is 94.4 cm³/mol. The van der Waals surface area contributed by atoms with Crippen LogP contribution in [0.3, 0.4) is 0 Å². The Balaban J connectivity index is 1.87. The Hall–Kier alpha value is -2.42. The lowest BCUT2D eigenvalue weighted by Gasteiger charge is -2.27. The minimum absolute atomic E-state index is 0.0177. The van der Waals surface area contributed by atoms with Gasteiger partial charge in [0.25, 0.3) is 0 Å². The lowest BCUT2D eigenvalue weighted by Crippen LogP contribution is -2.42. The van der Waals surface area contributed by atoms with Gasteiger partial charge in [-0.3, -0.25) is 14.4 Å². The molecule has 1 aromatic rings. The van der Waals surface area contributed by atoms with Gasteiger partial charge < -0.3 is 9.47 Å². The first kappa shape index (κ1) is 18.4. The first-order valence-electron chi connectivity index (χ1n) is 8.43. The Kier molecular flexibility index (Phi) is 4.74. The van der Waals surface area contributed by atoms with Crippen LogP contribution in [0.5, 0.6) is 0 Å². The number of sulfonamides is 1. The Labute approximate surface area is 151 Å². The molecule has 26 heavy (non-hydrogen) atoms. The standard InChI is InChI=1S/C17H21N3O5S/c1-3-4-13-16-14(20(17(13)23)26(2,24)25)7-10-19(16)15(22)11-18-8-5-12(21)6-9-18/h5-9,13,16H,3-4,10-11H2,1-2H3/t13-,16-/m1/s1. The second-order valence-electron chi connectivity index (χ2n) is 6.59. The number of aromatic nitrogens is 1. The fraction of sp³-hybridized carbons (Fsp3) is 0.471. The van der Waals surface area contributed by atoms with Crippen LogP contribution in [0.2, 0.25) is 0 Å². The van der Waals surface area contributed by atoms with E-state index < -0.39 is 27.9 Å². The molecule has 3 heterocycles. The zero-order valence-corrected chi connectivity index (χ0v) is 15.5. The summed E-state index contributed by atoms with van der Waals surface area (Å²) < 4.78 is 26.6. The maximum absolute atomic E-state index is 12.8. The minimum atomic E-state index is -3.73. The SMILES string of the molecule is CCC[C@H]1C(=O)N(S(C)(=O)=O)C2=CCN(C(=O)Cn3ccc(=O)cc3)[C@@H]21. The van der Waals surface area contributed by atoms with Crippen LogP contribution in [0.15, 0.2) is 41.1 Å². The van der Waals surface area contributed by atoms with E-state index in [1.165, 1.54) is 24.5 Å². The molecule has 0 radical (unpaired) electrons. The second-order valence-corrected chi connectivity index (χ2v) is 8.42. The number of nitrogens with zero attached hydrogens (tertiary/aromatic N) is 3. The molecule has 0 saturated carbocycles. The van der Waals surface area contributed by atoms with Crippen molar-refractivity contribution in [2.24, 2.45) is 5.92 Å². The van der Waals surface area contributed by atoms with Gasteiger partial charge >= 0.3 is 0 Å². The van der Waals surface area contributed by atoms with E-state index in [4.69, 9.17) is 0 Å². The summed E-state index contributed by atoms with van der Waals surface area (Å²) in [6, 6.07) is 2.18. The highest BCUT2D eigenvalue weighted by molar-refractivity contribution is 7.89. The minimum Gasteiger partial charge on any atom is -0.345 e. The van der Waals surface area contributed by atoms with Crippen LogP contribution in [-0.4, -0.2) is 52.8 Å². The Bertz CT molecular complexity index is 913. The Morgan fingerprint density at radius 2 is 1.88 bits per heavy atom. The number of carbonyl (C=O) groups excluding carboxylic acids is 2. The molecular formula is C17H21N3O5S. The molecule has 1 saturated heterocycles. The van der Waals surface area contributed by atoms with E-state index in [0.717, 1.165) is 10.6 Å². The molecule has 0 aliphatic carbocycles. The van der Waals surface area contributed by atoms with Gasteiger partial charge in [0.2, 0.25) is 21.8 Å². The molecule has 8 nitrogen and oxygen atoms in total. The summed E-state index contributed by atoms with van der Waals surface area (Å²) in [5.41, 5.74) is 0.233. The molecule has 0 bridgehead atoms. The third-order valence-corrected chi connectivity index (χ3v) is 5.75. The number of pyridine rings is 1. The lowest BCUT2D eigenvalue weighted by molar-refractivity contribution is -0.134. The maximum Gasteiger partial charge on any atom is 0.246 e. The lowest BCUT2D eigenvalue weighted by atomic mass is 9.96. The van der Waals surface area contributed by atoms with E-state index in [2.05, 4.69) is 0 Å². The van der Waals surface area contributed by atoms with Crippen molar-refractivity contribution < 1.29 is 18.0 Å². The number of hydrogen-bond donors (Lipinski definition) is 0. The molecule has 2 aliphatic rings. The van der Waals surface area contributed by atoms with Crippen LogP contribution >= 0.6 is 0 Å². The molecule has 2 aliphatic heterocycles. The van der Waals surface area contributed by atoms with E-state index in [1.807, 2.05) is 6.92 Å². The van der Waals surface area contributed by atoms with Crippen molar-refractivity contribution in [1.82, 2.24) is 13.8 Å². The summed E-state index contributed by atoms with van der Waals surface area (Å²) in [5.74, 6) is -1.25. The normalized spacial score (nSPS) is 22.5. The first-order valence-corrected chi connectivity index (χ1v) is 10.3. The average molecular weight is 379 g/mol. The molecule has 0 N–H and O–H groups in total. The molecule has 0 aromatic carbocycles. The summed E-state index contributed by atoms with van der Waals surface area (Å²) in [6.45, 7) is 2.20. The van der Waals surface area contributed by atoms with Gasteiger partial charge in [-0.05, 0) is 12.5 Å². The zero-order chi connectivity index (χ0) is 19.1. The van der Waals surface area contributed by atoms with E-state index in [1.54, 1.807) is 15.5 Å². The molecule has 0 unspecified atom stereocenters. The van der Waals surface area contributed by atoms with Gasteiger partial charge in [-0.2, -0.15) is 0 Å². The summed E-state index contributed by atoms with van der Waals surface area (Å²) in [5, 5.41) is 0. The van der Waals surface area contributed by atoms with E-state index in [9.17, 15) is 22.8 Å². The third-order valence-electron chi connectivity index (χ3n) is 4.70. The monoisotopic (exact) mass is 379 g/mol.